The molecule has 1 fully saturated rings. The van der Waals surface area contributed by atoms with Crippen molar-refractivity contribution in [3.8, 4) is 0 Å². The maximum absolute atomic E-state index is 14.1. The van der Waals surface area contributed by atoms with E-state index in [2.05, 4.69) is 4.98 Å². The van der Waals surface area contributed by atoms with E-state index in [1.54, 1.807) is 19.9 Å². The second-order valence-electron chi connectivity index (χ2n) is 8.35. The van der Waals surface area contributed by atoms with Crippen molar-refractivity contribution in [3.05, 3.63) is 63.7 Å². The summed E-state index contributed by atoms with van der Waals surface area (Å²) in [6, 6.07) is 4.56. The highest BCUT2D eigenvalue weighted by molar-refractivity contribution is 6.46. The van der Waals surface area contributed by atoms with E-state index in [0.29, 0.717) is 23.4 Å². The number of likely N-dealkylation sites (tertiary alicyclic amines) is 1. The molecule has 2 heterocycles. The number of benzene rings is 1. The minimum absolute atomic E-state index is 0.102. The highest BCUT2D eigenvalue weighted by Gasteiger charge is 2.44. The number of Topliss-reactive ketones (excluding diaryl/α,β-unsaturated/α-hetero) is 1. The average molecular weight is 472 g/mol. The van der Waals surface area contributed by atoms with Crippen molar-refractivity contribution in [3.63, 3.8) is 0 Å². The molecule has 1 aromatic heterocycles. The molecule has 1 unspecified atom stereocenters. The zero-order chi connectivity index (χ0) is 25.2. The standard InChI is InChI=1S/C25H30FN3O5/c1-6-28(7-2)11-12-29-21(16-9-8-10-17(26)13-16)19(23(31)24(29)32)22(30)18-14(3)20(25(33)34-5)27-15(18)4/h8-10,13,21,27,30H,6-7,11-12H2,1-5H3. The van der Waals surface area contributed by atoms with Crippen molar-refractivity contribution in [1.82, 2.24) is 9.88 Å². The largest absolute Gasteiger partial charge is 0.872 e. The summed E-state index contributed by atoms with van der Waals surface area (Å²) in [7, 11) is 1.23. The molecule has 1 aromatic carbocycles. The lowest BCUT2D eigenvalue weighted by atomic mass is 9.94. The number of likely N-dealkylation sites (N-methyl/N-ethyl adjacent to an activating group) is 1. The number of aromatic amines is 1. The van der Waals surface area contributed by atoms with Crippen molar-refractivity contribution in [2.75, 3.05) is 33.3 Å². The molecular formula is C25H30FN3O5. The number of amides is 1. The summed E-state index contributed by atoms with van der Waals surface area (Å²) in [5.74, 6) is -3.54. The number of ketones is 1. The van der Waals surface area contributed by atoms with Gasteiger partial charge in [0.15, 0.2) is 0 Å². The van der Waals surface area contributed by atoms with Gasteiger partial charge in [0.05, 0.1) is 39.3 Å². The summed E-state index contributed by atoms with van der Waals surface area (Å²) in [5, 5.41) is 13.7. The Labute approximate surface area is 198 Å². The zero-order valence-corrected chi connectivity index (χ0v) is 20.1. The molecule has 0 radical (unpaired) electrons. The summed E-state index contributed by atoms with van der Waals surface area (Å²) in [6.45, 7) is 9.71. The van der Waals surface area contributed by atoms with Crippen molar-refractivity contribution in [1.29, 1.82) is 0 Å². The smallest absolute Gasteiger partial charge is 0.354 e. The van der Waals surface area contributed by atoms with Crippen LogP contribution in [0.15, 0.2) is 29.8 Å². The molecule has 1 saturated heterocycles. The molecule has 0 bridgehead atoms. The van der Waals surface area contributed by atoms with Gasteiger partial charge in [-0.05, 0) is 56.5 Å². The average Bonchev–Trinajstić information content (AvgIpc) is 3.26. The monoisotopic (exact) mass is 471 g/mol. The quantitative estimate of drug-likeness (QED) is 0.255. The molecule has 9 heteroatoms. The zero-order valence-electron chi connectivity index (χ0n) is 20.1. The lowest BCUT2D eigenvalue weighted by Gasteiger charge is -2.28. The van der Waals surface area contributed by atoms with Gasteiger partial charge in [-0.1, -0.05) is 17.9 Å². The highest BCUT2D eigenvalue weighted by Crippen LogP contribution is 2.39. The van der Waals surface area contributed by atoms with Gasteiger partial charge in [-0.25, -0.2) is 9.18 Å². The van der Waals surface area contributed by atoms with Crippen LogP contribution in [0.4, 0.5) is 4.39 Å². The van der Waals surface area contributed by atoms with E-state index < -0.39 is 35.3 Å². The number of halogens is 1. The first kappa shape index (κ1) is 25.2. The Balaban J connectivity index is 2.19. The molecule has 3 rings (SSSR count). The van der Waals surface area contributed by atoms with E-state index in [0.717, 1.165) is 13.1 Å². The predicted octanol–water partition coefficient (Wildman–Crippen LogP) is 0.706. The molecule has 2 aromatic rings. The number of esters is 1. The topological polar surface area (TPSA) is 107 Å². The minimum Gasteiger partial charge on any atom is -0.872 e. The number of carbonyl (C=O) groups excluding carboxylic acids is 3. The van der Waals surface area contributed by atoms with Crippen LogP contribution < -0.4 is 10.0 Å². The van der Waals surface area contributed by atoms with Crippen LogP contribution in [-0.2, 0) is 14.3 Å². The number of rotatable bonds is 8. The van der Waals surface area contributed by atoms with Crippen LogP contribution in [-0.4, -0.2) is 60.8 Å². The maximum atomic E-state index is 14.1. The van der Waals surface area contributed by atoms with Gasteiger partial charge < -0.3 is 24.6 Å². The maximum Gasteiger partial charge on any atom is 0.354 e. The Kier molecular flexibility index (Phi) is 7.56. The van der Waals surface area contributed by atoms with Crippen molar-refractivity contribution in [2.45, 2.75) is 33.7 Å². The SMILES string of the molecule is CC[NH+](CC)CCN1C(=O)C(=O)C(=C([O-])c2c(C)[nH]c(C(=O)OC)c2C)C1c1cccc(F)c1. The predicted molar refractivity (Wildman–Crippen MR) is 121 cm³/mol. The molecule has 0 aliphatic carbocycles. The van der Waals surface area contributed by atoms with Crippen LogP contribution in [0.5, 0.6) is 0 Å². The van der Waals surface area contributed by atoms with Crippen molar-refractivity contribution < 1.29 is 33.5 Å². The molecule has 34 heavy (non-hydrogen) atoms. The van der Waals surface area contributed by atoms with Crippen LogP contribution in [0.2, 0.25) is 0 Å². The normalized spacial score (nSPS) is 17.6. The summed E-state index contributed by atoms with van der Waals surface area (Å²) >= 11 is 0. The number of aromatic nitrogens is 1. The lowest BCUT2D eigenvalue weighted by molar-refractivity contribution is -0.895. The Morgan fingerprint density at radius 3 is 2.50 bits per heavy atom. The van der Waals surface area contributed by atoms with E-state index >= 15 is 0 Å². The number of carbonyl (C=O) groups is 3. The van der Waals surface area contributed by atoms with Gasteiger partial charge in [0.25, 0.3) is 5.91 Å². The van der Waals surface area contributed by atoms with E-state index in [9.17, 15) is 23.9 Å². The van der Waals surface area contributed by atoms with Crippen LogP contribution in [0.25, 0.3) is 5.76 Å². The fourth-order valence-corrected chi connectivity index (χ4v) is 4.54. The first-order valence-electron chi connectivity index (χ1n) is 11.3. The number of ether oxygens (including phenoxy) is 1. The van der Waals surface area contributed by atoms with Crippen molar-refractivity contribution >= 4 is 23.4 Å². The van der Waals surface area contributed by atoms with Gasteiger partial charge in [0.2, 0.25) is 5.78 Å². The number of methoxy groups -OCH3 is 1. The molecule has 0 spiro atoms. The number of hydrogen-bond acceptors (Lipinski definition) is 5. The molecule has 8 nitrogen and oxygen atoms in total. The summed E-state index contributed by atoms with van der Waals surface area (Å²) in [4.78, 5) is 43.7. The summed E-state index contributed by atoms with van der Waals surface area (Å²) < 4.78 is 18.9. The van der Waals surface area contributed by atoms with Gasteiger partial charge in [0, 0.05) is 11.3 Å². The lowest BCUT2D eigenvalue weighted by Crippen LogP contribution is -3.12. The Morgan fingerprint density at radius 2 is 1.91 bits per heavy atom. The first-order valence-corrected chi connectivity index (χ1v) is 11.3. The van der Waals surface area contributed by atoms with Gasteiger partial charge in [0.1, 0.15) is 11.5 Å². The second kappa shape index (κ2) is 10.2. The van der Waals surface area contributed by atoms with Gasteiger partial charge >= 0.3 is 5.97 Å². The summed E-state index contributed by atoms with van der Waals surface area (Å²) in [6.07, 6.45) is 0. The molecule has 182 valence electrons. The fourth-order valence-electron chi connectivity index (χ4n) is 4.54. The van der Waals surface area contributed by atoms with Crippen LogP contribution >= 0.6 is 0 Å². The Bertz CT molecular complexity index is 1150. The minimum atomic E-state index is -1.02. The van der Waals surface area contributed by atoms with E-state index in [-0.39, 0.29) is 23.4 Å². The molecule has 0 saturated carbocycles. The van der Waals surface area contributed by atoms with Gasteiger partial charge in [-0.3, -0.25) is 9.59 Å². The van der Waals surface area contributed by atoms with Crippen LogP contribution in [0.3, 0.4) is 0 Å². The molecule has 1 atom stereocenters. The number of H-pyrrole nitrogens is 1. The van der Waals surface area contributed by atoms with E-state index in [1.807, 2.05) is 13.8 Å². The van der Waals surface area contributed by atoms with Crippen molar-refractivity contribution in [2.24, 2.45) is 0 Å². The highest BCUT2D eigenvalue weighted by atomic mass is 19.1. The third kappa shape index (κ3) is 4.48. The third-order valence-electron chi connectivity index (χ3n) is 6.45. The molecule has 1 amide bonds. The van der Waals surface area contributed by atoms with Gasteiger partial charge in [-0.2, -0.15) is 0 Å². The molecule has 1 aliphatic heterocycles. The van der Waals surface area contributed by atoms with E-state index in [1.165, 1.54) is 35.1 Å². The van der Waals surface area contributed by atoms with Gasteiger partial charge in [-0.15, -0.1) is 0 Å². The molecular weight excluding hydrogens is 441 g/mol. The first-order chi connectivity index (χ1) is 16.2. The summed E-state index contributed by atoms with van der Waals surface area (Å²) in [5.41, 5.74) is 1.04. The fraction of sp³-hybridized carbons (Fsp3) is 0.400. The third-order valence-corrected chi connectivity index (χ3v) is 6.45. The number of hydrogen-bond donors (Lipinski definition) is 2. The Hall–Kier alpha value is -3.46. The van der Waals surface area contributed by atoms with Crippen LogP contribution in [0.1, 0.15) is 52.8 Å². The number of aryl methyl sites for hydroxylation is 1. The molecule has 1 aliphatic rings. The molecule has 2 N–H and O–H groups in total. The Morgan fingerprint density at radius 1 is 1.24 bits per heavy atom. The number of quaternary nitrogens is 1. The van der Waals surface area contributed by atoms with E-state index in [4.69, 9.17) is 4.74 Å². The number of nitrogens with one attached hydrogen (secondary N) is 2. The van der Waals surface area contributed by atoms with Crippen LogP contribution in [0, 0.1) is 19.7 Å². The second-order valence-corrected chi connectivity index (χ2v) is 8.35. The number of nitrogens with zero attached hydrogens (tertiary/aromatic N) is 1.